The standard InChI is InChI=1S/C29H33F4N3O3/c1-27(2,3)39-26(37)36-13-5-6-25(36)24-17-21(29(31,32)33)16-23(34-24)18-38-19-28(11-14-35(4)15-12-28)20-7-9-22(30)10-8-20/h5-10,13,16-17H,11-12,14-15,18-19H2,1-4H3. The summed E-state index contributed by atoms with van der Waals surface area (Å²) in [7, 11) is 2.02. The van der Waals surface area contributed by atoms with Gasteiger partial charge in [-0.2, -0.15) is 13.2 Å². The number of piperidine rings is 1. The molecule has 39 heavy (non-hydrogen) atoms. The van der Waals surface area contributed by atoms with Crippen LogP contribution in [-0.4, -0.2) is 52.9 Å². The number of pyridine rings is 1. The zero-order valence-corrected chi connectivity index (χ0v) is 22.5. The number of alkyl halides is 3. The summed E-state index contributed by atoms with van der Waals surface area (Å²) in [6.45, 7) is 6.82. The third kappa shape index (κ3) is 7.05. The molecule has 1 aliphatic heterocycles. The first-order chi connectivity index (χ1) is 18.3. The maximum absolute atomic E-state index is 13.8. The van der Waals surface area contributed by atoms with Gasteiger partial charge in [-0.05, 0) is 95.7 Å². The number of carbonyl (C=O) groups excluding carboxylic acids is 1. The molecule has 0 amide bonds. The van der Waals surface area contributed by atoms with Crippen LogP contribution >= 0.6 is 0 Å². The number of ether oxygens (including phenoxy) is 2. The van der Waals surface area contributed by atoms with Gasteiger partial charge in [0.25, 0.3) is 0 Å². The van der Waals surface area contributed by atoms with Gasteiger partial charge in [0.1, 0.15) is 11.4 Å². The summed E-state index contributed by atoms with van der Waals surface area (Å²) in [6, 6.07) is 11.2. The van der Waals surface area contributed by atoms with Gasteiger partial charge in [0, 0.05) is 11.6 Å². The molecule has 0 saturated carbocycles. The van der Waals surface area contributed by atoms with Crippen LogP contribution in [0.15, 0.2) is 54.7 Å². The van der Waals surface area contributed by atoms with E-state index in [0.717, 1.165) is 48.2 Å². The third-order valence-corrected chi connectivity index (χ3v) is 6.84. The molecule has 0 bridgehead atoms. The molecule has 1 aliphatic rings. The topological polar surface area (TPSA) is 56.6 Å². The smallest absolute Gasteiger partial charge is 0.419 e. The van der Waals surface area contributed by atoms with Crippen LogP contribution in [0.2, 0.25) is 0 Å². The summed E-state index contributed by atoms with van der Waals surface area (Å²) < 4.78 is 67.7. The van der Waals surface area contributed by atoms with E-state index in [2.05, 4.69) is 9.88 Å². The first kappa shape index (κ1) is 28.8. The lowest BCUT2D eigenvalue weighted by Gasteiger charge is -2.41. The maximum Gasteiger partial charge on any atom is 0.419 e. The molecule has 0 atom stereocenters. The van der Waals surface area contributed by atoms with Crippen molar-refractivity contribution >= 4 is 6.09 Å². The second kappa shape index (κ2) is 11.1. The van der Waals surface area contributed by atoms with Gasteiger partial charge < -0.3 is 14.4 Å². The summed E-state index contributed by atoms with van der Waals surface area (Å²) >= 11 is 0. The number of hydrogen-bond donors (Lipinski definition) is 0. The Hall–Kier alpha value is -3.24. The van der Waals surface area contributed by atoms with Crippen molar-refractivity contribution in [2.24, 2.45) is 0 Å². The summed E-state index contributed by atoms with van der Waals surface area (Å²) in [4.78, 5) is 19.3. The third-order valence-electron chi connectivity index (χ3n) is 6.84. The van der Waals surface area contributed by atoms with Crippen molar-refractivity contribution in [1.82, 2.24) is 14.5 Å². The van der Waals surface area contributed by atoms with Crippen LogP contribution in [0.1, 0.15) is 50.4 Å². The average molecular weight is 548 g/mol. The second-order valence-electron chi connectivity index (χ2n) is 11.1. The van der Waals surface area contributed by atoms with E-state index in [-0.39, 0.29) is 36.1 Å². The Morgan fingerprint density at radius 1 is 1.05 bits per heavy atom. The van der Waals surface area contributed by atoms with Crippen LogP contribution in [0.25, 0.3) is 11.4 Å². The van der Waals surface area contributed by atoms with Crippen molar-refractivity contribution in [2.75, 3.05) is 26.7 Å². The van der Waals surface area contributed by atoms with E-state index in [1.165, 1.54) is 24.4 Å². The van der Waals surface area contributed by atoms with Gasteiger partial charge in [-0.25, -0.2) is 14.2 Å². The predicted molar refractivity (Wildman–Crippen MR) is 139 cm³/mol. The van der Waals surface area contributed by atoms with Crippen LogP contribution < -0.4 is 0 Å². The molecular weight excluding hydrogens is 514 g/mol. The molecule has 0 N–H and O–H groups in total. The molecule has 0 aliphatic carbocycles. The van der Waals surface area contributed by atoms with Gasteiger partial charge in [0.15, 0.2) is 0 Å². The van der Waals surface area contributed by atoms with E-state index in [0.29, 0.717) is 0 Å². The van der Waals surface area contributed by atoms with Crippen molar-refractivity contribution in [3.8, 4) is 11.4 Å². The minimum atomic E-state index is -4.63. The van der Waals surface area contributed by atoms with E-state index in [9.17, 15) is 22.4 Å². The lowest BCUT2D eigenvalue weighted by atomic mass is 9.73. The van der Waals surface area contributed by atoms with Gasteiger partial charge in [0.05, 0.1) is 35.9 Å². The van der Waals surface area contributed by atoms with Gasteiger partial charge in [-0.1, -0.05) is 12.1 Å². The first-order valence-corrected chi connectivity index (χ1v) is 12.8. The molecule has 1 aromatic carbocycles. The minimum absolute atomic E-state index is 0.0215. The minimum Gasteiger partial charge on any atom is -0.443 e. The average Bonchev–Trinajstić information content (AvgIpc) is 3.35. The molecule has 6 nitrogen and oxygen atoms in total. The summed E-state index contributed by atoms with van der Waals surface area (Å²) in [5, 5.41) is 0. The summed E-state index contributed by atoms with van der Waals surface area (Å²) in [5.41, 5.74) is -0.899. The molecule has 10 heteroatoms. The van der Waals surface area contributed by atoms with Crippen molar-refractivity contribution in [2.45, 2.75) is 57.4 Å². The molecule has 3 heterocycles. The number of hydrogen-bond acceptors (Lipinski definition) is 5. The van der Waals surface area contributed by atoms with Gasteiger partial charge >= 0.3 is 12.3 Å². The maximum atomic E-state index is 13.8. The van der Waals surface area contributed by atoms with E-state index in [1.807, 2.05) is 7.05 Å². The van der Waals surface area contributed by atoms with Gasteiger partial charge in [0.2, 0.25) is 0 Å². The Morgan fingerprint density at radius 2 is 1.72 bits per heavy atom. The molecule has 1 saturated heterocycles. The molecule has 1 fully saturated rings. The lowest BCUT2D eigenvalue weighted by Crippen LogP contribution is -2.43. The van der Waals surface area contributed by atoms with Crippen LogP contribution in [0.3, 0.4) is 0 Å². The van der Waals surface area contributed by atoms with Gasteiger partial charge in [-0.15, -0.1) is 0 Å². The number of rotatable bonds is 6. The number of halogens is 4. The fourth-order valence-corrected chi connectivity index (χ4v) is 4.73. The highest BCUT2D eigenvalue weighted by Crippen LogP contribution is 2.37. The Kier molecular flexibility index (Phi) is 8.18. The normalized spacial score (nSPS) is 16.3. The van der Waals surface area contributed by atoms with E-state index in [4.69, 9.17) is 9.47 Å². The number of benzene rings is 1. The highest BCUT2D eigenvalue weighted by atomic mass is 19.4. The molecular formula is C29H33F4N3O3. The van der Waals surface area contributed by atoms with Crippen molar-refractivity contribution in [3.05, 3.63) is 77.4 Å². The zero-order valence-electron chi connectivity index (χ0n) is 22.5. The monoisotopic (exact) mass is 547 g/mol. The second-order valence-corrected chi connectivity index (χ2v) is 11.1. The number of nitrogens with zero attached hydrogens (tertiary/aromatic N) is 3. The van der Waals surface area contributed by atoms with E-state index < -0.39 is 28.8 Å². The number of likely N-dealkylation sites (tertiary alicyclic amines) is 1. The molecule has 0 radical (unpaired) electrons. The Morgan fingerprint density at radius 3 is 2.33 bits per heavy atom. The predicted octanol–water partition coefficient (Wildman–Crippen LogP) is 6.67. The van der Waals surface area contributed by atoms with E-state index >= 15 is 0 Å². The Balaban J connectivity index is 1.60. The van der Waals surface area contributed by atoms with Crippen LogP contribution in [0, 0.1) is 5.82 Å². The quantitative estimate of drug-likeness (QED) is 0.323. The summed E-state index contributed by atoms with van der Waals surface area (Å²) in [5.74, 6) is -0.334. The summed E-state index contributed by atoms with van der Waals surface area (Å²) in [6.07, 6.45) is -2.39. The molecule has 0 unspecified atom stereocenters. The lowest BCUT2D eigenvalue weighted by molar-refractivity contribution is -0.137. The highest BCUT2D eigenvalue weighted by molar-refractivity contribution is 5.78. The van der Waals surface area contributed by atoms with Gasteiger partial charge in [-0.3, -0.25) is 4.57 Å². The Labute approximate surface area is 225 Å². The van der Waals surface area contributed by atoms with Crippen molar-refractivity contribution in [3.63, 3.8) is 0 Å². The van der Waals surface area contributed by atoms with Crippen LogP contribution in [0.5, 0.6) is 0 Å². The fraction of sp³-hybridized carbons (Fsp3) is 0.448. The number of aromatic nitrogens is 2. The van der Waals surface area contributed by atoms with Crippen LogP contribution in [-0.2, 0) is 27.7 Å². The molecule has 210 valence electrons. The first-order valence-electron chi connectivity index (χ1n) is 12.8. The van der Waals surface area contributed by atoms with Crippen molar-refractivity contribution < 1.29 is 31.8 Å². The largest absolute Gasteiger partial charge is 0.443 e. The highest BCUT2D eigenvalue weighted by Gasteiger charge is 2.36. The van der Waals surface area contributed by atoms with Crippen molar-refractivity contribution in [1.29, 1.82) is 0 Å². The molecule has 0 spiro atoms. The van der Waals surface area contributed by atoms with E-state index in [1.54, 1.807) is 39.0 Å². The zero-order chi connectivity index (χ0) is 28.4. The Bertz CT molecular complexity index is 1290. The molecule has 4 rings (SSSR count). The fourth-order valence-electron chi connectivity index (χ4n) is 4.73. The van der Waals surface area contributed by atoms with Crippen LogP contribution in [0.4, 0.5) is 22.4 Å². The molecule has 2 aromatic heterocycles. The number of carbonyl (C=O) groups is 1. The SMILES string of the molecule is CN1CCC(COCc2cc(C(F)(F)F)cc(-c3cccn3C(=O)OC(C)(C)C)n2)(c2ccc(F)cc2)CC1. The molecule has 3 aromatic rings.